The highest BCUT2D eigenvalue weighted by Crippen LogP contribution is 2.40. The van der Waals surface area contributed by atoms with Gasteiger partial charge < -0.3 is 30.6 Å². The number of fused-ring (bicyclic) bond motifs is 3. The van der Waals surface area contributed by atoms with Crippen molar-refractivity contribution in [2.24, 2.45) is 5.73 Å². The molecule has 0 radical (unpaired) electrons. The van der Waals surface area contributed by atoms with Crippen LogP contribution >= 0.6 is 0 Å². The lowest BCUT2D eigenvalue weighted by atomic mass is 10.0. The molecule has 4 aromatic rings. The maximum absolute atomic E-state index is 6.12. The maximum atomic E-state index is 6.12. The minimum atomic E-state index is -0.0868. The average molecular weight is 461 g/mol. The van der Waals surface area contributed by atoms with Crippen LogP contribution in [0.25, 0.3) is 32.9 Å². The maximum Gasteiger partial charge on any atom is 0.141 e. The van der Waals surface area contributed by atoms with Gasteiger partial charge in [-0.25, -0.2) is 4.98 Å². The quantitative estimate of drug-likeness (QED) is 0.302. The number of nitrogens with zero attached hydrogens (tertiary/aromatic N) is 2. The van der Waals surface area contributed by atoms with Crippen molar-refractivity contribution in [3.8, 4) is 16.9 Å². The zero-order valence-corrected chi connectivity index (χ0v) is 20.2. The Balaban J connectivity index is 1.61. The first-order valence-corrected chi connectivity index (χ1v) is 11.9. The van der Waals surface area contributed by atoms with Gasteiger partial charge in [0.05, 0.1) is 29.3 Å². The highest BCUT2D eigenvalue weighted by atomic mass is 16.5. The van der Waals surface area contributed by atoms with Gasteiger partial charge in [0.2, 0.25) is 0 Å². The molecule has 5 N–H and O–H groups in total. The van der Waals surface area contributed by atoms with E-state index in [0.717, 1.165) is 61.8 Å². The Morgan fingerprint density at radius 2 is 2.06 bits per heavy atom. The molecule has 1 atom stereocenters. The van der Waals surface area contributed by atoms with Gasteiger partial charge in [0.25, 0.3) is 0 Å². The van der Waals surface area contributed by atoms with Crippen molar-refractivity contribution in [3.05, 3.63) is 47.7 Å². The van der Waals surface area contributed by atoms with E-state index in [-0.39, 0.29) is 6.04 Å². The molecule has 1 aromatic carbocycles. The first-order chi connectivity index (χ1) is 16.4. The lowest BCUT2D eigenvalue weighted by Crippen LogP contribution is -2.31. The van der Waals surface area contributed by atoms with Crippen LogP contribution in [0.2, 0.25) is 0 Å². The molecule has 3 heterocycles. The average Bonchev–Trinajstić information content (AvgIpc) is 3.51. The lowest BCUT2D eigenvalue weighted by molar-refractivity contribution is 0.393. The van der Waals surface area contributed by atoms with E-state index in [2.05, 4.69) is 37.9 Å². The largest absolute Gasteiger partial charge is 0.496 e. The molecule has 0 aliphatic heterocycles. The summed E-state index contributed by atoms with van der Waals surface area (Å²) in [5, 5.41) is 13.3. The molecule has 1 saturated carbocycles. The van der Waals surface area contributed by atoms with E-state index in [1.807, 2.05) is 39.1 Å². The van der Waals surface area contributed by atoms with Gasteiger partial charge in [-0.15, -0.1) is 0 Å². The molecule has 0 spiro atoms. The number of hydrogen-bond acceptors (Lipinski definition) is 7. The van der Waals surface area contributed by atoms with Crippen molar-refractivity contribution in [3.63, 3.8) is 0 Å². The number of aromatic amines is 1. The van der Waals surface area contributed by atoms with Gasteiger partial charge in [-0.1, -0.05) is 18.0 Å². The van der Waals surface area contributed by atoms with Gasteiger partial charge in [-0.2, -0.15) is 0 Å². The number of aryl methyl sites for hydroxylation is 2. The summed E-state index contributed by atoms with van der Waals surface area (Å²) in [4.78, 5) is 8.24. The van der Waals surface area contributed by atoms with Crippen LogP contribution in [0.3, 0.4) is 0 Å². The van der Waals surface area contributed by atoms with Crippen molar-refractivity contribution >= 4 is 27.6 Å². The van der Waals surface area contributed by atoms with E-state index in [1.165, 1.54) is 25.7 Å². The number of H-pyrrole nitrogens is 1. The van der Waals surface area contributed by atoms with Gasteiger partial charge in [-0.05, 0) is 57.9 Å². The number of hydrogen-bond donors (Lipinski definition) is 4. The Labute approximate surface area is 198 Å². The van der Waals surface area contributed by atoms with Crippen LogP contribution in [-0.4, -0.2) is 34.3 Å². The third-order valence-corrected chi connectivity index (χ3v) is 6.53. The molecule has 0 bridgehead atoms. The van der Waals surface area contributed by atoms with E-state index < -0.39 is 0 Å². The van der Waals surface area contributed by atoms with E-state index in [1.54, 1.807) is 7.11 Å². The molecule has 0 amide bonds. The van der Waals surface area contributed by atoms with Crippen molar-refractivity contribution < 1.29 is 9.26 Å². The molecule has 0 saturated heterocycles. The van der Waals surface area contributed by atoms with Crippen LogP contribution in [-0.2, 0) is 0 Å². The van der Waals surface area contributed by atoms with Gasteiger partial charge >= 0.3 is 0 Å². The fourth-order valence-corrected chi connectivity index (χ4v) is 5.01. The zero-order valence-electron chi connectivity index (χ0n) is 20.2. The monoisotopic (exact) mass is 460 g/mol. The number of aromatic nitrogens is 3. The number of pyridine rings is 1. The second-order valence-corrected chi connectivity index (χ2v) is 9.19. The van der Waals surface area contributed by atoms with Crippen molar-refractivity contribution in [1.29, 1.82) is 0 Å². The summed E-state index contributed by atoms with van der Waals surface area (Å²) < 4.78 is 11.2. The smallest absolute Gasteiger partial charge is 0.141 e. The standard InChI is InChI=1S/C26H32N6O2/c1-14(27)11-23(29-17-7-5-6-8-17)31-26-25-18-13-22(33-4)19(24-15(2)32-34-16(24)3)12-21(18)30-20(25)9-10-28-26/h9-14,17,29-30H,5-8,27H2,1-4H3,(H,28,31)/b23-11+. The van der Waals surface area contributed by atoms with Gasteiger partial charge in [-0.3, -0.25) is 0 Å². The van der Waals surface area contributed by atoms with Gasteiger partial charge in [0.15, 0.2) is 0 Å². The second kappa shape index (κ2) is 9.02. The second-order valence-electron chi connectivity index (χ2n) is 9.19. The molecule has 1 aliphatic carbocycles. The molecular formula is C26H32N6O2. The summed E-state index contributed by atoms with van der Waals surface area (Å²) in [7, 11) is 1.68. The summed E-state index contributed by atoms with van der Waals surface area (Å²) in [6, 6.07) is 6.51. The van der Waals surface area contributed by atoms with Crippen LogP contribution < -0.4 is 21.1 Å². The van der Waals surface area contributed by atoms with Crippen LogP contribution in [0.1, 0.15) is 44.1 Å². The molecular weight excluding hydrogens is 428 g/mol. The molecule has 5 rings (SSSR count). The molecule has 3 aromatic heterocycles. The number of methoxy groups -OCH3 is 1. The number of nitrogens with one attached hydrogen (secondary N) is 3. The number of benzene rings is 1. The third kappa shape index (κ3) is 4.09. The lowest BCUT2D eigenvalue weighted by Gasteiger charge is -2.19. The number of rotatable bonds is 7. The van der Waals surface area contributed by atoms with E-state index in [9.17, 15) is 0 Å². The predicted molar refractivity (Wildman–Crippen MR) is 136 cm³/mol. The zero-order chi connectivity index (χ0) is 23.8. The Morgan fingerprint density at radius 1 is 1.26 bits per heavy atom. The fraction of sp³-hybridized carbons (Fsp3) is 0.385. The number of nitrogens with two attached hydrogens (primary N) is 1. The van der Waals surface area contributed by atoms with Gasteiger partial charge in [0, 0.05) is 34.7 Å². The Morgan fingerprint density at radius 3 is 2.74 bits per heavy atom. The molecule has 1 fully saturated rings. The summed E-state index contributed by atoms with van der Waals surface area (Å²) >= 11 is 0. The van der Waals surface area contributed by atoms with Crippen LogP contribution in [0, 0.1) is 13.8 Å². The number of ether oxygens (including phenoxy) is 1. The number of anilines is 1. The molecule has 1 aliphatic rings. The van der Waals surface area contributed by atoms with Crippen molar-refractivity contribution in [1.82, 2.24) is 20.4 Å². The predicted octanol–water partition coefficient (Wildman–Crippen LogP) is 5.13. The van der Waals surface area contributed by atoms with Crippen molar-refractivity contribution in [2.45, 2.75) is 58.5 Å². The first kappa shape index (κ1) is 22.3. The van der Waals surface area contributed by atoms with E-state index in [0.29, 0.717) is 6.04 Å². The summed E-state index contributed by atoms with van der Waals surface area (Å²) in [6.45, 7) is 5.83. The molecule has 34 heavy (non-hydrogen) atoms. The molecule has 8 heteroatoms. The van der Waals surface area contributed by atoms with E-state index in [4.69, 9.17) is 15.0 Å². The van der Waals surface area contributed by atoms with Crippen LogP contribution in [0.4, 0.5) is 5.82 Å². The highest BCUT2D eigenvalue weighted by molar-refractivity contribution is 6.14. The summed E-state index contributed by atoms with van der Waals surface area (Å²) in [5.74, 6) is 3.19. The Kier molecular flexibility index (Phi) is 5.91. The first-order valence-electron chi connectivity index (χ1n) is 11.9. The minimum Gasteiger partial charge on any atom is -0.496 e. The van der Waals surface area contributed by atoms with Crippen LogP contribution in [0.5, 0.6) is 5.75 Å². The van der Waals surface area contributed by atoms with E-state index >= 15 is 0 Å². The Bertz CT molecular complexity index is 1340. The summed E-state index contributed by atoms with van der Waals surface area (Å²) in [6.07, 6.45) is 8.68. The normalized spacial score (nSPS) is 15.9. The summed E-state index contributed by atoms with van der Waals surface area (Å²) in [5.41, 5.74) is 10.8. The third-order valence-electron chi connectivity index (χ3n) is 6.53. The molecule has 8 nitrogen and oxygen atoms in total. The fourth-order valence-electron chi connectivity index (χ4n) is 5.01. The SMILES string of the molecule is COc1cc2c(cc1-c1c(C)noc1C)[nH]c1ccnc(N/C(=C/C(C)N)NC3CCCC3)c12. The Hall–Kier alpha value is -3.52. The topological polar surface area (TPSA) is 114 Å². The molecule has 178 valence electrons. The highest BCUT2D eigenvalue weighted by Gasteiger charge is 2.21. The minimum absolute atomic E-state index is 0.0868. The van der Waals surface area contributed by atoms with Crippen molar-refractivity contribution in [2.75, 3.05) is 12.4 Å². The van der Waals surface area contributed by atoms with Gasteiger partial charge in [0.1, 0.15) is 23.1 Å². The van der Waals surface area contributed by atoms with Crippen LogP contribution in [0.15, 0.2) is 40.8 Å². The molecule has 1 unspecified atom stereocenters.